The lowest BCUT2D eigenvalue weighted by molar-refractivity contribution is -0.141. The molecule has 0 aliphatic carbocycles. The molecule has 0 rings (SSSR count). The average Bonchev–Trinajstić information content (AvgIpc) is 2.15. The summed E-state index contributed by atoms with van der Waals surface area (Å²) in [5.41, 5.74) is 0. The van der Waals surface area contributed by atoms with Gasteiger partial charge in [0.05, 0.1) is 13.5 Å². The summed E-state index contributed by atoms with van der Waals surface area (Å²) in [4.78, 5) is 11.0. The van der Waals surface area contributed by atoms with Crippen molar-refractivity contribution >= 4 is 5.97 Å². The van der Waals surface area contributed by atoms with Crippen LogP contribution in [0.3, 0.4) is 0 Å². The fraction of sp³-hybridized carbons (Fsp3) is 0.909. The van der Waals surface area contributed by atoms with Crippen molar-refractivity contribution in [2.45, 2.75) is 52.6 Å². The van der Waals surface area contributed by atoms with Crippen molar-refractivity contribution in [3.8, 4) is 0 Å². The van der Waals surface area contributed by atoms with E-state index in [0.29, 0.717) is 18.4 Å². The molecule has 3 heteroatoms. The van der Waals surface area contributed by atoms with E-state index in [9.17, 15) is 4.79 Å². The number of carbonyl (C=O) groups excluding carboxylic acids is 1. The Morgan fingerprint density at radius 1 is 1.36 bits per heavy atom. The average molecular weight is 201 g/mol. The molecule has 0 bridgehead atoms. The normalized spacial score (nSPS) is 17.2. The van der Waals surface area contributed by atoms with Crippen molar-refractivity contribution in [2.75, 3.05) is 7.11 Å². The first kappa shape index (κ1) is 13.4. The standard InChI is InChI=1S/C11H23NO2/c1-6-8(2)10(4)12-9(3)7-11(13)14-5/h8-10,12H,6-7H2,1-5H3. The first-order chi connectivity index (χ1) is 6.51. The maximum absolute atomic E-state index is 11.0. The Morgan fingerprint density at radius 2 is 1.93 bits per heavy atom. The highest BCUT2D eigenvalue weighted by Crippen LogP contribution is 2.08. The number of nitrogens with one attached hydrogen (secondary N) is 1. The van der Waals surface area contributed by atoms with Gasteiger partial charge in [-0.1, -0.05) is 20.3 Å². The third kappa shape index (κ3) is 5.22. The number of carbonyl (C=O) groups is 1. The second kappa shape index (κ2) is 6.82. The van der Waals surface area contributed by atoms with Gasteiger partial charge in [0.25, 0.3) is 0 Å². The van der Waals surface area contributed by atoms with Gasteiger partial charge in [0.15, 0.2) is 0 Å². The van der Waals surface area contributed by atoms with Gasteiger partial charge in [-0.05, 0) is 19.8 Å². The van der Waals surface area contributed by atoms with Gasteiger partial charge in [0.1, 0.15) is 0 Å². The zero-order valence-corrected chi connectivity index (χ0v) is 9.96. The SMILES string of the molecule is CCC(C)C(C)NC(C)CC(=O)OC. The van der Waals surface area contributed by atoms with Crippen LogP contribution in [-0.4, -0.2) is 25.2 Å². The van der Waals surface area contributed by atoms with E-state index in [1.54, 1.807) is 0 Å². The van der Waals surface area contributed by atoms with Crippen molar-refractivity contribution in [1.29, 1.82) is 0 Å². The Morgan fingerprint density at radius 3 is 2.36 bits per heavy atom. The van der Waals surface area contributed by atoms with Gasteiger partial charge in [0.2, 0.25) is 0 Å². The van der Waals surface area contributed by atoms with Crippen LogP contribution in [0.5, 0.6) is 0 Å². The second-order valence-electron chi connectivity index (χ2n) is 4.02. The van der Waals surface area contributed by atoms with E-state index < -0.39 is 0 Å². The number of methoxy groups -OCH3 is 1. The molecule has 84 valence electrons. The highest BCUT2D eigenvalue weighted by atomic mass is 16.5. The van der Waals surface area contributed by atoms with Gasteiger partial charge in [-0.25, -0.2) is 0 Å². The number of ether oxygens (including phenoxy) is 1. The summed E-state index contributed by atoms with van der Waals surface area (Å²) >= 11 is 0. The molecule has 0 fully saturated rings. The van der Waals surface area contributed by atoms with Crippen molar-refractivity contribution in [1.82, 2.24) is 5.32 Å². The first-order valence-electron chi connectivity index (χ1n) is 5.34. The lowest BCUT2D eigenvalue weighted by Crippen LogP contribution is -2.39. The number of hydrogen-bond acceptors (Lipinski definition) is 3. The molecule has 3 nitrogen and oxygen atoms in total. The molecule has 0 aliphatic rings. The lowest BCUT2D eigenvalue weighted by Gasteiger charge is -2.23. The summed E-state index contributed by atoms with van der Waals surface area (Å²) in [6.45, 7) is 8.55. The van der Waals surface area contributed by atoms with Crippen LogP contribution in [0.25, 0.3) is 0 Å². The second-order valence-corrected chi connectivity index (χ2v) is 4.02. The van der Waals surface area contributed by atoms with E-state index in [-0.39, 0.29) is 12.0 Å². The summed E-state index contributed by atoms with van der Waals surface area (Å²) in [5, 5.41) is 3.39. The minimum Gasteiger partial charge on any atom is -0.469 e. The fourth-order valence-corrected chi connectivity index (χ4v) is 1.36. The Balaban J connectivity index is 3.81. The molecule has 0 amide bonds. The number of rotatable bonds is 6. The predicted octanol–water partition coefficient (Wildman–Crippen LogP) is 1.96. The van der Waals surface area contributed by atoms with Crippen LogP contribution in [-0.2, 0) is 9.53 Å². The van der Waals surface area contributed by atoms with Crippen LogP contribution in [0.2, 0.25) is 0 Å². The van der Waals surface area contributed by atoms with Gasteiger partial charge in [0, 0.05) is 12.1 Å². The van der Waals surface area contributed by atoms with Crippen LogP contribution in [0.4, 0.5) is 0 Å². The first-order valence-corrected chi connectivity index (χ1v) is 5.34. The molecular formula is C11H23NO2. The minimum atomic E-state index is -0.152. The zero-order chi connectivity index (χ0) is 11.1. The number of esters is 1. The number of hydrogen-bond donors (Lipinski definition) is 1. The van der Waals surface area contributed by atoms with E-state index in [1.165, 1.54) is 7.11 Å². The quantitative estimate of drug-likeness (QED) is 0.668. The maximum Gasteiger partial charge on any atom is 0.307 e. The summed E-state index contributed by atoms with van der Waals surface area (Å²) in [5.74, 6) is 0.483. The molecule has 0 heterocycles. The smallest absolute Gasteiger partial charge is 0.307 e. The van der Waals surface area contributed by atoms with E-state index >= 15 is 0 Å². The molecule has 0 spiro atoms. The van der Waals surface area contributed by atoms with Crippen LogP contribution >= 0.6 is 0 Å². The maximum atomic E-state index is 11.0. The Hall–Kier alpha value is -0.570. The molecule has 0 aliphatic heterocycles. The fourth-order valence-electron chi connectivity index (χ4n) is 1.36. The van der Waals surface area contributed by atoms with Gasteiger partial charge in [-0.3, -0.25) is 4.79 Å². The van der Waals surface area contributed by atoms with Crippen molar-refractivity contribution < 1.29 is 9.53 Å². The van der Waals surface area contributed by atoms with Crippen LogP contribution in [0.1, 0.15) is 40.5 Å². The molecule has 0 radical (unpaired) electrons. The molecule has 0 aromatic rings. The van der Waals surface area contributed by atoms with E-state index in [4.69, 9.17) is 0 Å². The molecule has 1 N–H and O–H groups in total. The van der Waals surface area contributed by atoms with E-state index in [1.807, 2.05) is 6.92 Å². The Kier molecular flexibility index (Phi) is 6.54. The zero-order valence-electron chi connectivity index (χ0n) is 9.96. The molecule has 0 aromatic heterocycles. The highest BCUT2D eigenvalue weighted by molar-refractivity contribution is 5.69. The van der Waals surface area contributed by atoms with Gasteiger partial charge >= 0.3 is 5.97 Å². The molecule has 0 saturated carbocycles. The summed E-state index contributed by atoms with van der Waals surface area (Å²) in [7, 11) is 1.42. The van der Waals surface area contributed by atoms with Gasteiger partial charge < -0.3 is 10.1 Å². The Labute approximate surface area is 87.2 Å². The van der Waals surface area contributed by atoms with Crippen molar-refractivity contribution in [3.05, 3.63) is 0 Å². The summed E-state index contributed by atoms with van der Waals surface area (Å²) in [6.07, 6.45) is 1.59. The monoisotopic (exact) mass is 201 g/mol. The third-order valence-corrected chi connectivity index (χ3v) is 2.75. The topological polar surface area (TPSA) is 38.3 Å². The molecule has 0 saturated heterocycles. The van der Waals surface area contributed by atoms with Crippen LogP contribution in [0, 0.1) is 5.92 Å². The predicted molar refractivity (Wildman–Crippen MR) is 58.1 cm³/mol. The van der Waals surface area contributed by atoms with E-state index in [2.05, 4.69) is 30.8 Å². The molecule has 0 aromatic carbocycles. The van der Waals surface area contributed by atoms with Gasteiger partial charge in [-0.2, -0.15) is 0 Å². The van der Waals surface area contributed by atoms with Crippen molar-refractivity contribution in [3.63, 3.8) is 0 Å². The molecule has 14 heavy (non-hydrogen) atoms. The lowest BCUT2D eigenvalue weighted by atomic mass is 10.00. The molecular weight excluding hydrogens is 178 g/mol. The van der Waals surface area contributed by atoms with Crippen LogP contribution in [0.15, 0.2) is 0 Å². The minimum absolute atomic E-state index is 0.152. The molecule has 3 atom stereocenters. The molecule has 3 unspecified atom stereocenters. The van der Waals surface area contributed by atoms with E-state index in [0.717, 1.165) is 6.42 Å². The van der Waals surface area contributed by atoms with Gasteiger partial charge in [-0.15, -0.1) is 0 Å². The third-order valence-electron chi connectivity index (χ3n) is 2.75. The van der Waals surface area contributed by atoms with Crippen LogP contribution < -0.4 is 5.32 Å². The highest BCUT2D eigenvalue weighted by Gasteiger charge is 2.15. The largest absolute Gasteiger partial charge is 0.469 e. The summed E-state index contributed by atoms with van der Waals surface area (Å²) in [6, 6.07) is 0.631. The summed E-state index contributed by atoms with van der Waals surface area (Å²) < 4.78 is 4.61. The van der Waals surface area contributed by atoms with Crippen molar-refractivity contribution in [2.24, 2.45) is 5.92 Å². The Bertz CT molecular complexity index is 171.